The Morgan fingerprint density at radius 1 is 1.03 bits per heavy atom. The van der Waals surface area contributed by atoms with Crippen molar-refractivity contribution in [1.82, 2.24) is 19.8 Å². The maximum atomic E-state index is 12.7. The Kier molecular flexibility index (Phi) is 6.85. The first-order valence-corrected chi connectivity index (χ1v) is 10.8. The van der Waals surface area contributed by atoms with Gasteiger partial charge in [-0.3, -0.25) is 9.59 Å². The Morgan fingerprint density at radius 2 is 1.71 bits per heavy atom. The zero-order chi connectivity index (χ0) is 24.1. The lowest BCUT2D eigenvalue weighted by atomic mass is 10.1. The molecular weight excluding hydrogens is 449 g/mol. The molecule has 2 amide bonds. The number of amides is 2. The Bertz CT molecular complexity index is 1120. The maximum Gasteiger partial charge on any atom is 0.416 e. The van der Waals surface area contributed by atoms with Crippen LogP contribution >= 0.6 is 0 Å². The van der Waals surface area contributed by atoms with Crippen LogP contribution in [0.4, 0.5) is 13.2 Å². The standard InChI is InChI=1S/C24H23F3N4O3/c25-24(26,27)17-6-8-19(9-7-17)34-20-10-12-30(13-11-20)22(32)14-28-23(33)21-15-31(16-29-21)18-4-2-1-3-5-18/h1-9,15-16,20H,10-14H2,(H,28,33). The third kappa shape index (κ3) is 5.75. The van der Waals surface area contributed by atoms with Crippen LogP contribution in [0.1, 0.15) is 28.9 Å². The van der Waals surface area contributed by atoms with Gasteiger partial charge in [-0.1, -0.05) is 18.2 Å². The van der Waals surface area contributed by atoms with Crippen molar-refractivity contribution in [1.29, 1.82) is 0 Å². The molecule has 1 aliphatic rings. The topological polar surface area (TPSA) is 76.5 Å². The van der Waals surface area contributed by atoms with E-state index in [2.05, 4.69) is 10.3 Å². The van der Waals surface area contributed by atoms with E-state index in [1.807, 2.05) is 30.3 Å². The van der Waals surface area contributed by atoms with Crippen molar-refractivity contribution in [3.63, 3.8) is 0 Å². The van der Waals surface area contributed by atoms with E-state index in [9.17, 15) is 22.8 Å². The third-order valence-corrected chi connectivity index (χ3v) is 5.55. The molecule has 0 spiro atoms. The van der Waals surface area contributed by atoms with Gasteiger partial charge in [-0.05, 0) is 36.4 Å². The van der Waals surface area contributed by atoms with Gasteiger partial charge in [0, 0.05) is 37.8 Å². The highest BCUT2D eigenvalue weighted by atomic mass is 19.4. The molecule has 178 valence electrons. The SMILES string of the molecule is O=C(NCC(=O)N1CCC(Oc2ccc(C(F)(F)F)cc2)CC1)c1cn(-c2ccccc2)cn1. The molecule has 1 aliphatic heterocycles. The smallest absolute Gasteiger partial charge is 0.416 e. The van der Waals surface area contributed by atoms with Crippen molar-refractivity contribution in [2.24, 2.45) is 0 Å². The summed E-state index contributed by atoms with van der Waals surface area (Å²) < 4.78 is 45.5. The molecule has 34 heavy (non-hydrogen) atoms. The summed E-state index contributed by atoms with van der Waals surface area (Å²) in [6.45, 7) is 0.715. The number of hydrogen-bond acceptors (Lipinski definition) is 4. The summed E-state index contributed by atoms with van der Waals surface area (Å²) in [6.07, 6.45) is -0.365. The lowest BCUT2D eigenvalue weighted by molar-refractivity contribution is -0.137. The fourth-order valence-corrected chi connectivity index (χ4v) is 3.68. The second-order valence-electron chi connectivity index (χ2n) is 7.90. The highest BCUT2D eigenvalue weighted by molar-refractivity contribution is 5.94. The molecule has 4 rings (SSSR count). The van der Waals surface area contributed by atoms with Gasteiger partial charge in [-0.2, -0.15) is 13.2 Å². The van der Waals surface area contributed by atoms with Gasteiger partial charge < -0.3 is 19.5 Å². The number of rotatable bonds is 6. The first-order valence-electron chi connectivity index (χ1n) is 10.8. The predicted molar refractivity (Wildman–Crippen MR) is 118 cm³/mol. The predicted octanol–water partition coefficient (Wildman–Crippen LogP) is 3.69. The molecule has 2 heterocycles. The van der Waals surface area contributed by atoms with Crippen LogP contribution in [0.15, 0.2) is 67.1 Å². The zero-order valence-electron chi connectivity index (χ0n) is 18.2. The Balaban J connectivity index is 1.22. The molecule has 1 N–H and O–H groups in total. The maximum absolute atomic E-state index is 12.7. The van der Waals surface area contributed by atoms with Gasteiger partial charge in [-0.25, -0.2) is 4.98 Å². The highest BCUT2D eigenvalue weighted by Crippen LogP contribution is 2.30. The summed E-state index contributed by atoms with van der Waals surface area (Å²) in [5.41, 5.74) is 0.348. The van der Waals surface area contributed by atoms with E-state index < -0.39 is 17.6 Å². The molecule has 1 saturated heterocycles. The second-order valence-corrected chi connectivity index (χ2v) is 7.90. The van der Waals surface area contributed by atoms with Crippen molar-refractivity contribution in [3.05, 3.63) is 78.4 Å². The quantitative estimate of drug-likeness (QED) is 0.594. The number of nitrogens with one attached hydrogen (secondary N) is 1. The first-order chi connectivity index (χ1) is 16.3. The Morgan fingerprint density at radius 3 is 2.35 bits per heavy atom. The number of piperidine rings is 1. The van der Waals surface area contributed by atoms with E-state index in [0.29, 0.717) is 31.7 Å². The van der Waals surface area contributed by atoms with Gasteiger partial charge in [0.1, 0.15) is 23.9 Å². The molecule has 0 saturated carbocycles. The largest absolute Gasteiger partial charge is 0.490 e. The molecule has 0 unspecified atom stereocenters. The van der Waals surface area contributed by atoms with Gasteiger partial charge in [-0.15, -0.1) is 0 Å². The molecule has 0 radical (unpaired) electrons. The first kappa shape index (κ1) is 23.3. The highest BCUT2D eigenvalue weighted by Gasteiger charge is 2.30. The van der Waals surface area contributed by atoms with Crippen LogP contribution in [-0.2, 0) is 11.0 Å². The second kappa shape index (κ2) is 9.98. The lowest BCUT2D eigenvalue weighted by Gasteiger charge is -2.32. The van der Waals surface area contributed by atoms with Crippen molar-refractivity contribution >= 4 is 11.8 Å². The van der Waals surface area contributed by atoms with Crippen LogP contribution in [-0.4, -0.2) is 52.0 Å². The fourth-order valence-electron chi connectivity index (χ4n) is 3.68. The fraction of sp³-hybridized carbons (Fsp3) is 0.292. The van der Waals surface area contributed by atoms with Crippen LogP contribution in [0.2, 0.25) is 0 Å². The van der Waals surface area contributed by atoms with Gasteiger partial charge in [0.25, 0.3) is 5.91 Å². The Hall–Kier alpha value is -3.82. The summed E-state index contributed by atoms with van der Waals surface area (Å²) in [4.78, 5) is 30.6. The van der Waals surface area contributed by atoms with E-state index in [1.54, 1.807) is 15.7 Å². The molecular formula is C24H23F3N4O3. The number of nitrogens with zero attached hydrogens (tertiary/aromatic N) is 3. The molecule has 0 bridgehead atoms. The minimum absolute atomic E-state index is 0.151. The van der Waals surface area contributed by atoms with Gasteiger partial charge >= 0.3 is 6.18 Å². The molecule has 10 heteroatoms. The van der Waals surface area contributed by atoms with Gasteiger partial charge in [0.2, 0.25) is 5.91 Å². The van der Waals surface area contributed by atoms with Crippen LogP contribution in [0, 0.1) is 0 Å². The van der Waals surface area contributed by atoms with Crippen LogP contribution in [0.3, 0.4) is 0 Å². The average molecular weight is 472 g/mol. The van der Waals surface area contributed by atoms with E-state index in [0.717, 1.165) is 17.8 Å². The molecule has 1 fully saturated rings. The number of carbonyl (C=O) groups is 2. The van der Waals surface area contributed by atoms with Crippen molar-refractivity contribution in [2.75, 3.05) is 19.6 Å². The van der Waals surface area contributed by atoms with Gasteiger partial charge in [0.05, 0.1) is 12.1 Å². The minimum Gasteiger partial charge on any atom is -0.490 e. The van der Waals surface area contributed by atoms with Crippen molar-refractivity contribution in [3.8, 4) is 11.4 Å². The van der Waals surface area contributed by atoms with Crippen LogP contribution < -0.4 is 10.1 Å². The summed E-state index contributed by atoms with van der Waals surface area (Å²) in [5, 5.41) is 2.60. The minimum atomic E-state index is -4.39. The molecule has 2 aromatic carbocycles. The molecule has 7 nitrogen and oxygen atoms in total. The van der Waals surface area contributed by atoms with Gasteiger partial charge in [0.15, 0.2) is 0 Å². The van der Waals surface area contributed by atoms with Crippen LogP contribution in [0.5, 0.6) is 5.75 Å². The van der Waals surface area contributed by atoms with Crippen molar-refractivity contribution in [2.45, 2.75) is 25.1 Å². The average Bonchev–Trinajstić information content (AvgIpc) is 3.34. The number of ether oxygens (including phenoxy) is 1. The number of hydrogen-bond donors (Lipinski definition) is 1. The zero-order valence-corrected chi connectivity index (χ0v) is 18.2. The molecule has 1 aromatic heterocycles. The number of aromatic nitrogens is 2. The third-order valence-electron chi connectivity index (χ3n) is 5.55. The number of halogens is 3. The number of carbonyl (C=O) groups excluding carboxylic acids is 2. The monoisotopic (exact) mass is 472 g/mol. The van der Waals surface area contributed by atoms with E-state index in [4.69, 9.17) is 4.74 Å². The number of para-hydroxylation sites is 1. The number of likely N-dealkylation sites (tertiary alicyclic amines) is 1. The van der Waals surface area contributed by atoms with Crippen molar-refractivity contribution < 1.29 is 27.5 Å². The summed E-state index contributed by atoms with van der Waals surface area (Å²) in [7, 11) is 0. The number of benzene rings is 2. The summed E-state index contributed by atoms with van der Waals surface area (Å²) in [5.74, 6) is -0.299. The summed E-state index contributed by atoms with van der Waals surface area (Å²) >= 11 is 0. The van der Waals surface area contributed by atoms with Crippen LogP contribution in [0.25, 0.3) is 5.69 Å². The van der Waals surface area contributed by atoms with E-state index >= 15 is 0 Å². The number of imidazole rings is 1. The lowest BCUT2D eigenvalue weighted by Crippen LogP contribution is -2.46. The molecule has 3 aromatic rings. The van der Waals surface area contributed by atoms with E-state index in [-0.39, 0.29) is 24.2 Å². The summed E-state index contributed by atoms with van der Waals surface area (Å²) in [6, 6.07) is 14.0. The molecule has 0 aliphatic carbocycles. The molecule has 0 atom stereocenters. The Labute approximate surface area is 194 Å². The number of alkyl halides is 3. The van der Waals surface area contributed by atoms with E-state index in [1.165, 1.54) is 18.5 Å². The normalized spacial score (nSPS) is 14.6.